The number of aromatic carboxylic acids is 1. The van der Waals surface area contributed by atoms with E-state index < -0.39 is 16.7 Å². The van der Waals surface area contributed by atoms with E-state index in [1.54, 1.807) is 7.05 Å². The molecule has 6 nitrogen and oxygen atoms in total. The highest BCUT2D eigenvalue weighted by molar-refractivity contribution is 5.90. The minimum Gasteiger partial charge on any atom is -0.478 e. The number of halogens is 1. The number of nitro benzene ring substituents is 1. The van der Waals surface area contributed by atoms with Gasteiger partial charge in [0.05, 0.1) is 10.5 Å². The second-order valence-electron chi connectivity index (χ2n) is 4.30. The van der Waals surface area contributed by atoms with Crippen molar-refractivity contribution in [1.29, 1.82) is 0 Å². The van der Waals surface area contributed by atoms with E-state index in [1.807, 2.05) is 0 Å². The molecule has 2 aromatic carbocycles. The Morgan fingerprint density at radius 2 is 1.86 bits per heavy atom. The lowest BCUT2D eigenvalue weighted by molar-refractivity contribution is -0.384. The van der Waals surface area contributed by atoms with E-state index in [0.717, 1.165) is 6.07 Å². The van der Waals surface area contributed by atoms with Gasteiger partial charge in [0.1, 0.15) is 11.5 Å². The van der Waals surface area contributed by atoms with E-state index in [9.17, 15) is 19.3 Å². The van der Waals surface area contributed by atoms with Gasteiger partial charge in [-0.15, -0.1) is 0 Å². The summed E-state index contributed by atoms with van der Waals surface area (Å²) in [5, 5.41) is 20.1. The lowest BCUT2D eigenvalue weighted by atomic mass is 10.1. The molecular weight excluding hydrogens is 279 g/mol. The molecule has 0 saturated heterocycles. The summed E-state index contributed by atoms with van der Waals surface area (Å²) < 4.78 is 12.9. The van der Waals surface area contributed by atoms with Crippen molar-refractivity contribution >= 4 is 23.0 Å². The summed E-state index contributed by atoms with van der Waals surface area (Å²) in [6, 6.07) is 8.86. The van der Waals surface area contributed by atoms with E-state index in [1.165, 1.54) is 41.3 Å². The lowest BCUT2D eigenvalue weighted by Crippen LogP contribution is -2.12. The quantitative estimate of drug-likeness (QED) is 0.690. The Balaban J connectivity index is 2.53. The summed E-state index contributed by atoms with van der Waals surface area (Å²) in [4.78, 5) is 22.9. The minimum atomic E-state index is -1.18. The highest BCUT2D eigenvalue weighted by Gasteiger charge is 2.20. The smallest absolute Gasteiger partial charge is 0.335 e. The van der Waals surface area contributed by atoms with Crippen LogP contribution < -0.4 is 4.90 Å². The molecule has 7 heteroatoms. The number of benzene rings is 2. The Hall–Kier alpha value is -2.96. The number of carboxylic acid groups (broad SMARTS) is 1. The van der Waals surface area contributed by atoms with Crippen molar-refractivity contribution < 1.29 is 19.2 Å². The lowest BCUT2D eigenvalue weighted by Gasteiger charge is -2.19. The molecule has 2 rings (SSSR count). The van der Waals surface area contributed by atoms with E-state index >= 15 is 0 Å². The molecule has 0 radical (unpaired) electrons. The fourth-order valence-electron chi connectivity index (χ4n) is 1.88. The first-order chi connectivity index (χ1) is 9.90. The number of rotatable bonds is 4. The van der Waals surface area contributed by atoms with E-state index in [2.05, 4.69) is 0 Å². The number of carboxylic acids is 1. The van der Waals surface area contributed by atoms with Gasteiger partial charge >= 0.3 is 5.97 Å². The molecule has 0 bridgehead atoms. The third kappa shape index (κ3) is 2.97. The number of anilines is 2. The molecule has 2 aromatic rings. The molecule has 0 aromatic heterocycles. The van der Waals surface area contributed by atoms with Gasteiger partial charge in [0.25, 0.3) is 5.69 Å². The molecule has 0 spiro atoms. The predicted octanol–water partition coefficient (Wildman–Crippen LogP) is 3.20. The topological polar surface area (TPSA) is 83.7 Å². The summed E-state index contributed by atoms with van der Waals surface area (Å²) >= 11 is 0. The largest absolute Gasteiger partial charge is 0.478 e. The van der Waals surface area contributed by atoms with Crippen LogP contribution in [0.1, 0.15) is 10.4 Å². The van der Waals surface area contributed by atoms with Crippen molar-refractivity contribution in [1.82, 2.24) is 0 Å². The summed E-state index contributed by atoms with van der Waals surface area (Å²) in [5.74, 6) is -1.61. The monoisotopic (exact) mass is 290 g/mol. The summed E-state index contributed by atoms with van der Waals surface area (Å²) in [6.07, 6.45) is 0. The van der Waals surface area contributed by atoms with Crippen molar-refractivity contribution in [3.05, 3.63) is 64.0 Å². The van der Waals surface area contributed by atoms with Crippen LogP contribution in [0.15, 0.2) is 42.5 Å². The first-order valence-corrected chi connectivity index (χ1v) is 5.91. The SMILES string of the molecule is CN(c1ccc(F)cc1)c1cc(C(=O)O)ccc1[N+](=O)[O-]. The number of nitrogens with zero attached hydrogens (tertiary/aromatic N) is 2. The normalized spacial score (nSPS) is 10.2. The van der Waals surface area contributed by atoms with Crippen LogP contribution in [-0.4, -0.2) is 23.0 Å². The van der Waals surface area contributed by atoms with Crippen molar-refractivity contribution in [2.24, 2.45) is 0 Å². The predicted molar refractivity (Wildman–Crippen MR) is 74.5 cm³/mol. The maximum Gasteiger partial charge on any atom is 0.335 e. The van der Waals surface area contributed by atoms with Gasteiger partial charge < -0.3 is 10.0 Å². The van der Waals surface area contributed by atoms with Crippen LogP contribution in [0.5, 0.6) is 0 Å². The molecule has 0 atom stereocenters. The van der Waals surface area contributed by atoms with Crippen LogP contribution in [0.4, 0.5) is 21.5 Å². The molecule has 0 aliphatic rings. The average Bonchev–Trinajstić information content (AvgIpc) is 2.46. The maximum absolute atomic E-state index is 12.9. The van der Waals surface area contributed by atoms with Gasteiger partial charge in [-0.2, -0.15) is 0 Å². The molecule has 0 unspecified atom stereocenters. The Labute approximate surface area is 119 Å². The van der Waals surface area contributed by atoms with E-state index in [0.29, 0.717) is 5.69 Å². The molecule has 0 amide bonds. The Morgan fingerprint density at radius 3 is 2.38 bits per heavy atom. The zero-order valence-corrected chi connectivity index (χ0v) is 11.0. The minimum absolute atomic E-state index is 0.0652. The van der Waals surface area contributed by atoms with Crippen LogP contribution in [0.3, 0.4) is 0 Å². The number of hydrogen-bond donors (Lipinski definition) is 1. The molecule has 0 aliphatic heterocycles. The fourth-order valence-corrected chi connectivity index (χ4v) is 1.88. The zero-order valence-electron chi connectivity index (χ0n) is 11.0. The Bertz CT molecular complexity index is 701. The molecule has 0 aliphatic carbocycles. The van der Waals surface area contributed by atoms with Crippen LogP contribution in [0.25, 0.3) is 0 Å². The molecular formula is C14H11FN2O4. The number of hydrogen-bond acceptors (Lipinski definition) is 4. The van der Waals surface area contributed by atoms with Crippen LogP contribution in [0.2, 0.25) is 0 Å². The van der Waals surface area contributed by atoms with Crippen molar-refractivity contribution in [3.63, 3.8) is 0 Å². The molecule has 1 N–H and O–H groups in total. The third-order valence-electron chi connectivity index (χ3n) is 2.99. The Kier molecular flexibility index (Phi) is 3.84. The van der Waals surface area contributed by atoms with Crippen LogP contribution in [-0.2, 0) is 0 Å². The first-order valence-electron chi connectivity index (χ1n) is 5.91. The average molecular weight is 290 g/mol. The molecule has 108 valence electrons. The number of carbonyl (C=O) groups is 1. The molecule has 0 fully saturated rings. The summed E-state index contributed by atoms with van der Waals surface area (Å²) in [7, 11) is 1.54. The first kappa shape index (κ1) is 14.4. The van der Waals surface area contributed by atoms with Gasteiger partial charge in [0, 0.05) is 18.8 Å². The second-order valence-corrected chi connectivity index (χ2v) is 4.30. The standard InChI is InChI=1S/C14H11FN2O4/c1-16(11-5-3-10(15)4-6-11)13-8-9(14(18)19)2-7-12(13)17(20)21/h2-8H,1H3,(H,18,19). The van der Waals surface area contributed by atoms with Crippen molar-refractivity contribution in [2.75, 3.05) is 11.9 Å². The Morgan fingerprint density at radius 1 is 1.24 bits per heavy atom. The van der Waals surface area contributed by atoms with Gasteiger partial charge in [-0.1, -0.05) is 0 Å². The third-order valence-corrected chi connectivity index (χ3v) is 2.99. The highest BCUT2D eigenvalue weighted by atomic mass is 19.1. The van der Waals surface area contributed by atoms with Gasteiger partial charge in [0.2, 0.25) is 0 Å². The molecule has 21 heavy (non-hydrogen) atoms. The fraction of sp³-hybridized carbons (Fsp3) is 0.0714. The molecule has 0 heterocycles. The van der Waals surface area contributed by atoms with Crippen molar-refractivity contribution in [3.8, 4) is 0 Å². The van der Waals surface area contributed by atoms with Gasteiger partial charge in [-0.05, 0) is 36.4 Å². The number of nitro groups is 1. The molecule has 0 saturated carbocycles. The summed E-state index contributed by atoms with van der Waals surface area (Å²) in [5.41, 5.74) is 0.324. The van der Waals surface area contributed by atoms with Crippen molar-refractivity contribution in [2.45, 2.75) is 0 Å². The zero-order chi connectivity index (χ0) is 15.6. The summed E-state index contributed by atoms with van der Waals surface area (Å²) in [6.45, 7) is 0. The van der Waals surface area contributed by atoms with Crippen LogP contribution >= 0.6 is 0 Å². The van der Waals surface area contributed by atoms with Gasteiger partial charge in [0.15, 0.2) is 0 Å². The van der Waals surface area contributed by atoms with Gasteiger partial charge in [-0.25, -0.2) is 9.18 Å². The van der Waals surface area contributed by atoms with E-state index in [4.69, 9.17) is 5.11 Å². The van der Waals surface area contributed by atoms with Crippen LogP contribution in [0, 0.1) is 15.9 Å². The highest BCUT2D eigenvalue weighted by Crippen LogP contribution is 2.33. The second kappa shape index (κ2) is 5.58. The van der Waals surface area contributed by atoms with E-state index in [-0.39, 0.29) is 16.9 Å². The van der Waals surface area contributed by atoms with Gasteiger partial charge in [-0.3, -0.25) is 10.1 Å². The maximum atomic E-state index is 12.9.